The summed E-state index contributed by atoms with van der Waals surface area (Å²) in [5.41, 5.74) is 1.46. The first-order valence-electron chi connectivity index (χ1n) is 11.6. The monoisotopic (exact) mass is 521 g/mol. The highest BCUT2D eigenvalue weighted by Crippen LogP contribution is 2.25. The Balaban J connectivity index is 1.76. The highest BCUT2D eigenvalue weighted by molar-refractivity contribution is 5.89. The third kappa shape index (κ3) is 8.05. The van der Waals surface area contributed by atoms with Crippen LogP contribution in [0.15, 0.2) is 78.9 Å². The molecule has 0 spiro atoms. The Kier molecular flexibility index (Phi) is 9.75. The molecule has 0 aromatic heterocycles. The van der Waals surface area contributed by atoms with E-state index in [1.807, 2.05) is 6.07 Å². The number of ether oxygens (including phenoxy) is 2. The SMILES string of the molecule is COc1ccc([N+](=O)[O-])cc1C[C@@H](NC(=O)[C@H](Cc1ccccc1)NC(=O)OCc1ccccc1)C(=O)O. The Morgan fingerprint density at radius 2 is 1.53 bits per heavy atom. The standard InChI is InChI=1S/C27H27N3O8/c1-37-24-13-12-21(30(35)36)15-20(24)16-23(26(32)33)28-25(31)22(14-18-8-4-2-5-9-18)29-27(34)38-17-19-10-6-3-7-11-19/h2-13,15,22-23H,14,16-17H2,1H3,(H,28,31)(H,29,34)(H,32,33)/t22-,23+/m0/s1. The van der Waals surface area contributed by atoms with Crippen LogP contribution >= 0.6 is 0 Å². The van der Waals surface area contributed by atoms with E-state index in [-0.39, 0.29) is 36.4 Å². The van der Waals surface area contributed by atoms with E-state index in [2.05, 4.69) is 10.6 Å². The van der Waals surface area contributed by atoms with Gasteiger partial charge >= 0.3 is 12.1 Å². The molecule has 2 atom stereocenters. The van der Waals surface area contributed by atoms with Crippen LogP contribution in [0.4, 0.5) is 10.5 Å². The third-order valence-corrected chi connectivity index (χ3v) is 5.62. The molecule has 2 amide bonds. The maximum Gasteiger partial charge on any atom is 0.408 e. The predicted octanol–water partition coefficient (Wildman–Crippen LogP) is 3.25. The van der Waals surface area contributed by atoms with Crippen molar-refractivity contribution in [3.63, 3.8) is 0 Å². The minimum atomic E-state index is -1.46. The number of nitrogens with zero attached hydrogens (tertiary/aromatic N) is 1. The van der Waals surface area contributed by atoms with Crippen molar-refractivity contribution < 1.29 is 33.9 Å². The fraction of sp³-hybridized carbons (Fsp3) is 0.222. The number of benzene rings is 3. The summed E-state index contributed by atoms with van der Waals surface area (Å²) in [5, 5.41) is 25.9. The summed E-state index contributed by atoms with van der Waals surface area (Å²) in [6.07, 6.45) is -1.07. The molecule has 0 aliphatic rings. The van der Waals surface area contributed by atoms with Crippen LogP contribution in [0.5, 0.6) is 5.75 Å². The van der Waals surface area contributed by atoms with Gasteiger partial charge in [-0.1, -0.05) is 60.7 Å². The third-order valence-electron chi connectivity index (χ3n) is 5.62. The van der Waals surface area contributed by atoms with Gasteiger partial charge < -0.3 is 25.2 Å². The van der Waals surface area contributed by atoms with E-state index in [4.69, 9.17) is 9.47 Å². The molecule has 0 saturated heterocycles. The number of aliphatic carboxylic acids is 1. The first-order valence-corrected chi connectivity index (χ1v) is 11.6. The lowest BCUT2D eigenvalue weighted by molar-refractivity contribution is -0.384. The van der Waals surface area contributed by atoms with Crippen LogP contribution < -0.4 is 15.4 Å². The normalized spacial score (nSPS) is 12.0. The maximum atomic E-state index is 13.2. The van der Waals surface area contributed by atoms with Crippen molar-refractivity contribution in [3.8, 4) is 5.75 Å². The van der Waals surface area contributed by atoms with Crippen LogP contribution in [-0.2, 0) is 33.8 Å². The number of methoxy groups -OCH3 is 1. The van der Waals surface area contributed by atoms with Gasteiger partial charge in [-0.2, -0.15) is 0 Å². The first-order chi connectivity index (χ1) is 18.3. The second-order valence-electron chi connectivity index (χ2n) is 8.31. The van der Waals surface area contributed by atoms with Gasteiger partial charge in [0.1, 0.15) is 24.4 Å². The van der Waals surface area contributed by atoms with Gasteiger partial charge in [0.05, 0.1) is 12.0 Å². The molecule has 38 heavy (non-hydrogen) atoms. The van der Waals surface area contributed by atoms with Crippen molar-refractivity contribution in [3.05, 3.63) is 106 Å². The minimum Gasteiger partial charge on any atom is -0.496 e. The highest BCUT2D eigenvalue weighted by Gasteiger charge is 2.29. The summed E-state index contributed by atoms with van der Waals surface area (Å²) < 4.78 is 10.4. The first kappa shape index (κ1) is 27.7. The molecule has 3 aromatic rings. The summed E-state index contributed by atoms with van der Waals surface area (Å²) in [7, 11) is 1.35. The second-order valence-corrected chi connectivity index (χ2v) is 8.31. The number of alkyl carbamates (subject to hydrolysis) is 1. The molecular weight excluding hydrogens is 494 g/mol. The van der Waals surface area contributed by atoms with E-state index >= 15 is 0 Å². The van der Waals surface area contributed by atoms with E-state index in [1.54, 1.807) is 54.6 Å². The number of carbonyl (C=O) groups excluding carboxylic acids is 2. The minimum absolute atomic E-state index is 0.0172. The van der Waals surface area contributed by atoms with E-state index in [0.29, 0.717) is 0 Å². The fourth-order valence-corrected chi connectivity index (χ4v) is 3.70. The Bertz CT molecular complexity index is 1270. The number of rotatable bonds is 12. The summed E-state index contributed by atoms with van der Waals surface area (Å²) in [5.74, 6) is -1.89. The second kappa shape index (κ2) is 13.4. The number of non-ortho nitro benzene ring substituents is 1. The van der Waals surface area contributed by atoms with Crippen LogP contribution in [-0.4, -0.2) is 47.2 Å². The van der Waals surface area contributed by atoms with Crippen molar-refractivity contribution in [2.75, 3.05) is 7.11 Å². The molecule has 0 heterocycles. The number of hydrogen-bond acceptors (Lipinski definition) is 7. The average Bonchev–Trinajstić information content (AvgIpc) is 2.92. The van der Waals surface area contributed by atoms with E-state index in [0.717, 1.165) is 11.1 Å². The van der Waals surface area contributed by atoms with Crippen LogP contribution in [0.3, 0.4) is 0 Å². The average molecular weight is 522 g/mol. The Labute approximate surface area is 218 Å². The van der Waals surface area contributed by atoms with Gasteiger partial charge in [-0.05, 0) is 17.2 Å². The summed E-state index contributed by atoms with van der Waals surface area (Å²) in [6.45, 7) is -0.0172. The largest absolute Gasteiger partial charge is 0.496 e. The molecule has 3 rings (SSSR count). The van der Waals surface area contributed by atoms with E-state index < -0.39 is 35.0 Å². The quantitative estimate of drug-likeness (QED) is 0.242. The molecule has 11 heteroatoms. The van der Waals surface area contributed by atoms with Crippen molar-refractivity contribution in [1.29, 1.82) is 0 Å². The van der Waals surface area contributed by atoms with Gasteiger partial charge in [0.2, 0.25) is 5.91 Å². The van der Waals surface area contributed by atoms with Gasteiger partial charge in [0.25, 0.3) is 5.69 Å². The molecule has 0 aliphatic carbocycles. The lowest BCUT2D eigenvalue weighted by Gasteiger charge is -2.22. The molecule has 0 fully saturated rings. The zero-order chi connectivity index (χ0) is 27.5. The van der Waals surface area contributed by atoms with Crippen LogP contribution in [0.25, 0.3) is 0 Å². The number of carbonyl (C=O) groups is 3. The summed E-state index contributed by atoms with van der Waals surface area (Å²) in [6, 6.07) is 19.0. The topological polar surface area (TPSA) is 157 Å². The van der Waals surface area contributed by atoms with Gasteiger partial charge in [0, 0.05) is 30.5 Å². The number of carboxylic acids is 1. The zero-order valence-corrected chi connectivity index (χ0v) is 20.5. The lowest BCUT2D eigenvalue weighted by Crippen LogP contribution is -2.53. The van der Waals surface area contributed by atoms with Gasteiger partial charge in [-0.25, -0.2) is 9.59 Å². The van der Waals surface area contributed by atoms with Gasteiger partial charge in [0.15, 0.2) is 0 Å². The summed E-state index contributed by atoms with van der Waals surface area (Å²) >= 11 is 0. The highest BCUT2D eigenvalue weighted by atomic mass is 16.6. The van der Waals surface area contributed by atoms with Gasteiger partial charge in [-0.3, -0.25) is 14.9 Å². The molecule has 0 bridgehead atoms. The van der Waals surface area contributed by atoms with Crippen molar-refractivity contribution >= 4 is 23.7 Å². The van der Waals surface area contributed by atoms with Crippen LogP contribution in [0.1, 0.15) is 16.7 Å². The molecule has 0 unspecified atom stereocenters. The number of nitrogens with one attached hydrogen (secondary N) is 2. The number of hydrogen-bond donors (Lipinski definition) is 3. The number of nitro benzene ring substituents is 1. The molecule has 3 N–H and O–H groups in total. The molecule has 0 radical (unpaired) electrons. The number of carboxylic acid groups (broad SMARTS) is 1. The maximum absolute atomic E-state index is 13.2. The van der Waals surface area contributed by atoms with Crippen LogP contribution in [0.2, 0.25) is 0 Å². The Morgan fingerprint density at radius 3 is 2.11 bits per heavy atom. The Hall–Kier alpha value is -4.93. The molecule has 0 aliphatic heterocycles. The molecule has 3 aromatic carbocycles. The Morgan fingerprint density at radius 1 is 0.895 bits per heavy atom. The molecule has 198 valence electrons. The zero-order valence-electron chi connectivity index (χ0n) is 20.5. The number of nitro groups is 1. The summed E-state index contributed by atoms with van der Waals surface area (Å²) in [4.78, 5) is 48.3. The predicted molar refractivity (Wildman–Crippen MR) is 137 cm³/mol. The fourth-order valence-electron chi connectivity index (χ4n) is 3.70. The van der Waals surface area contributed by atoms with Crippen molar-refractivity contribution in [1.82, 2.24) is 10.6 Å². The van der Waals surface area contributed by atoms with Crippen LogP contribution in [0, 0.1) is 10.1 Å². The van der Waals surface area contributed by atoms with E-state index in [9.17, 15) is 29.6 Å². The van der Waals surface area contributed by atoms with Gasteiger partial charge in [-0.15, -0.1) is 0 Å². The number of amides is 2. The van der Waals surface area contributed by atoms with E-state index in [1.165, 1.54) is 25.3 Å². The van der Waals surface area contributed by atoms with Crippen molar-refractivity contribution in [2.45, 2.75) is 31.5 Å². The lowest BCUT2D eigenvalue weighted by atomic mass is 10.0. The smallest absolute Gasteiger partial charge is 0.408 e. The van der Waals surface area contributed by atoms with Crippen molar-refractivity contribution in [2.24, 2.45) is 0 Å². The molecule has 0 saturated carbocycles. The molecule has 11 nitrogen and oxygen atoms in total. The molecular formula is C27H27N3O8.